The van der Waals surface area contributed by atoms with Gasteiger partial charge in [-0.15, -0.1) is 0 Å². The van der Waals surface area contributed by atoms with E-state index in [2.05, 4.69) is 5.32 Å². The molecule has 2 aromatic carbocycles. The topological polar surface area (TPSA) is 55.2 Å². The van der Waals surface area contributed by atoms with Crippen LogP contribution in [0.1, 0.15) is 5.56 Å². The second kappa shape index (κ2) is 6.01. The van der Waals surface area contributed by atoms with E-state index >= 15 is 0 Å². The first kappa shape index (κ1) is 15.1. The molecule has 1 N–H and O–H groups in total. The first-order valence-corrected chi connectivity index (χ1v) is 6.08. The van der Waals surface area contributed by atoms with Gasteiger partial charge in [0.05, 0.1) is 15.5 Å². The van der Waals surface area contributed by atoms with Crippen LogP contribution in [0.25, 0.3) is 0 Å². The van der Waals surface area contributed by atoms with Gasteiger partial charge in [-0.1, -0.05) is 17.7 Å². The van der Waals surface area contributed by atoms with Gasteiger partial charge in [-0.3, -0.25) is 10.1 Å². The van der Waals surface area contributed by atoms with E-state index in [1.165, 1.54) is 18.2 Å². The van der Waals surface area contributed by atoms with Crippen LogP contribution in [0.2, 0.25) is 5.02 Å². The second-order valence-electron chi connectivity index (χ2n) is 4.09. The Morgan fingerprint density at radius 3 is 2.38 bits per heavy atom. The van der Waals surface area contributed by atoms with Crippen molar-refractivity contribution < 1.29 is 18.1 Å². The highest BCUT2D eigenvalue weighted by Gasteiger charge is 2.18. The van der Waals surface area contributed by atoms with Crippen molar-refractivity contribution in [3.05, 3.63) is 68.5 Å². The molecule has 0 aliphatic rings. The average molecular weight is 317 g/mol. The minimum atomic E-state index is -1.14. The zero-order valence-electron chi connectivity index (χ0n) is 10.4. The highest BCUT2D eigenvalue weighted by molar-refractivity contribution is 6.31. The highest BCUT2D eigenvalue weighted by Crippen LogP contribution is 2.28. The number of nitrogens with one attached hydrogen (secondary N) is 1. The minimum Gasteiger partial charge on any atom is -0.376 e. The van der Waals surface area contributed by atoms with E-state index in [1.807, 2.05) is 0 Å². The maximum Gasteiger partial charge on any atom is 0.275 e. The lowest BCUT2D eigenvalue weighted by Crippen LogP contribution is -2.07. The normalized spacial score (nSPS) is 10.5. The molecule has 0 amide bonds. The minimum absolute atomic E-state index is 0.0762. The summed E-state index contributed by atoms with van der Waals surface area (Å²) in [4.78, 5) is 10.2. The Labute approximate surface area is 122 Å². The van der Waals surface area contributed by atoms with Crippen molar-refractivity contribution in [2.75, 3.05) is 5.32 Å². The molecule has 2 rings (SSSR count). The van der Waals surface area contributed by atoms with E-state index in [4.69, 9.17) is 11.6 Å². The van der Waals surface area contributed by atoms with E-state index < -0.39 is 28.1 Å². The number of nitro groups is 1. The Kier molecular flexibility index (Phi) is 4.32. The summed E-state index contributed by atoms with van der Waals surface area (Å²) < 4.78 is 39.7. The van der Waals surface area contributed by atoms with Crippen molar-refractivity contribution in [3.63, 3.8) is 0 Å². The molecule has 4 nitrogen and oxygen atoms in total. The van der Waals surface area contributed by atoms with Crippen LogP contribution in [0.3, 0.4) is 0 Å². The number of hydrogen-bond acceptors (Lipinski definition) is 3. The first-order valence-electron chi connectivity index (χ1n) is 5.70. The van der Waals surface area contributed by atoms with Gasteiger partial charge < -0.3 is 5.32 Å². The molecule has 0 spiro atoms. The van der Waals surface area contributed by atoms with Crippen molar-refractivity contribution in [3.8, 4) is 0 Å². The number of rotatable bonds is 4. The largest absolute Gasteiger partial charge is 0.376 e. The van der Waals surface area contributed by atoms with Gasteiger partial charge in [-0.25, -0.2) is 13.2 Å². The van der Waals surface area contributed by atoms with Gasteiger partial charge >= 0.3 is 0 Å². The van der Waals surface area contributed by atoms with Gasteiger partial charge in [-0.2, -0.15) is 0 Å². The zero-order valence-corrected chi connectivity index (χ0v) is 11.1. The summed E-state index contributed by atoms with van der Waals surface area (Å²) in [5, 5.41) is 13.3. The third-order valence-electron chi connectivity index (χ3n) is 2.74. The van der Waals surface area contributed by atoms with Gasteiger partial charge in [0.2, 0.25) is 0 Å². The maximum atomic E-state index is 13.5. The Morgan fingerprint density at radius 2 is 1.81 bits per heavy atom. The van der Waals surface area contributed by atoms with E-state index in [9.17, 15) is 23.3 Å². The molecule has 0 saturated carbocycles. The van der Waals surface area contributed by atoms with Crippen molar-refractivity contribution >= 4 is 23.0 Å². The van der Waals surface area contributed by atoms with Crippen LogP contribution in [0.5, 0.6) is 0 Å². The van der Waals surface area contributed by atoms with Gasteiger partial charge in [0.15, 0.2) is 11.6 Å². The number of nitro benzene ring substituents is 1. The number of hydrogen-bond donors (Lipinski definition) is 1. The summed E-state index contributed by atoms with van der Waals surface area (Å²) in [6, 6.07) is 5.05. The fourth-order valence-corrected chi connectivity index (χ4v) is 2.02. The average Bonchev–Trinajstić information content (AvgIpc) is 2.38. The molecule has 0 radical (unpaired) electrons. The first-order chi connectivity index (χ1) is 9.90. The SMILES string of the molecule is O=[N+]([O-])c1cccc(Cl)c1CNc1c(F)cc(F)cc1F. The Bertz CT molecular complexity index is 687. The highest BCUT2D eigenvalue weighted by atomic mass is 35.5. The molecule has 0 fully saturated rings. The molecule has 8 heteroatoms. The van der Waals surface area contributed by atoms with Crippen molar-refractivity contribution in [2.45, 2.75) is 6.54 Å². The fourth-order valence-electron chi connectivity index (χ4n) is 1.78. The van der Waals surface area contributed by atoms with Crippen LogP contribution in [0.4, 0.5) is 24.5 Å². The Balaban J connectivity index is 2.31. The van der Waals surface area contributed by atoms with Crippen LogP contribution >= 0.6 is 11.6 Å². The molecule has 0 aliphatic heterocycles. The molecule has 110 valence electrons. The van der Waals surface area contributed by atoms with Crippen molar-refractivity contribution in [2.24, 2.45) is 0 Å². The molecule has 0 heterocycles. The van der Waals surface area contributed by atoms with Crippen LogP contribution in [-0.4, -0.2) is 4.92 Å². The molecule has 0 aromatic heterocycles. The molecule has 2 aromatic rings. The molecular formula is C13H8ClF3N2O2. The number of halogens is 4. The molecule has 0 atom stereocenters. The third-order valence-corrected chi connectivity index (χ3v) is 3.09. The summed E-state index contributed by atoms with van der Waals surface area (Å²) in [6.45, 7) is -0.282. The predicted octanol–water partition coefficient (Wildman–Crippen LogP) is 4.28. The summed E-state index contributed by atoms with van der Waals surface area (Å²) in [5.41, 5.74) is -0.782. The van der Waals surface area contributed by atoms with Crippen LogP contribution in [-0.2, 0) is 6.54 Å². The number of benzene rings is 2. The molecular weight excluding hydrogens is 309 g/mol. The van der Waals surface area contributed by atoms with E-state index in [0.717, 1.165) is 0 Å². The second-order valence-corrected chi connectivity index (χ2v) is 4.50. The smallest absolute Gasteiger partial charge is 0.275 e. The Morgan fingerprint density at radius 1 is 1.19 bits per heavy atom. The van der Waals surface area contributed by atoms with Crippen LogP contribution in [0, 0.1) is 27.6 Å². The molecule has 0 aliphatic carbocycles. The number of anilines is 1. The van der Waals surface area contributed by atoms with Gasteiger partial charge in [0.1, 0.15) is 11.5 Å². The molecule has 0 bridgehead atoms. The summed E-state index contributed by atoms with van der Waals surface area (Å²) in [5.74, 6) is -3.33. The maximum absolute atomic E-state index is 13.5. The van der Waals surface area contributed by atoms with Crippen LogP contribution < -0.4 is 5.32 Å². The molecule has 21 heavy (non-hydrogen) atoms. The summed E-state index contributed by atoms with van der Waals surface area (Å²) >= 11 is 5.85. The molecule has 0 unspecified atom stereocenters. The summed E-state index contributed by atoms with van der Waals surface area (Å²) in [6.07, 6.45) is 0. The fraction of sp³-hybridized carbons (Fsp3) is 0.0769. The monoisotopic (exact) mass is 316 g/mol. The van der Waals surface area contributed by atoms with E-state index in [-0.39, 0.29) is 22.8 Å². The lowest BCUT2D eigenvalue weighted by Gasteiger charge is -2.10. The third kappa shape index (κ3) is 3.25. The predicted molar refractivity (Wildman–Crippen MR) is 71.7 cm³/mol. The lowest BCUT2D eigenvalue weighted by molar-refractivity contribution is -0.385. The number of nitrogens with zero attached hydrogens (tertiary/aromatic N) is 1. The van der Waals surface area contributed by atoms with E-state index in [0.29, 0.717) is 12.1 Å². The van der Waals surface area contributed by atoms with Gasteiger partial charge in [-0.05, 0) is 6.07 Å². The zero-order chi connectivity index (χ0) is 15.6. The lowest BCUT2D eigenvalue weighted by atomic mass is 10.1. The van der Waals surface area contributed by atoms with E-state index in [1.54, 1.807) is 0 Å². The molecule has 0 saturated heterocycles. The van der Waals surface area contributed by atoms with Gasteiger partial charge in [0, 0.05) is 24.7 Å². The van der Waals surface area contributed by atoms with Crippen molar-refractivity contribution in [1.29, 1.82) is 0 Å². The quantitative estimate of drug-likeness (QED) is 0.676. The standard InChI is InChI=1S/C13H8ClF3N2O2/c14-9-2-1-3-12(19(20)21)8(9)6-18-13-10(16)4-7(15)5-11(13)17/h1-5,18H,6H2. The van der Waals surface area contributed by atoms with Crippen molar-refractivity contribution in [1.82, 2.24) is 0 Å². The van der Waals surface area contributed by atoms with Crippen LogP contribution in [0.15, 0.2) is 30.3 Å². The van der Waals surface area contributed by atoms with Gasteiger partial charge in [0.25, 0.3) is 5.69 Å². The summed E-state index contributed by atoms with van der Waals surface area (Å²) in [7, 11) is 0. The Hall–Kier alpha value is -2.28.